The van der Waals surface area contributed by atoms with E-state index >= 15 is 0 Å². The fraction of sp³-hybridized carbons (Fsp3) is 0.500. The van der Waals surface area contributed by atoms with Gasteiger partial charge >= 0.3 is 0 Å². The van der Waals surface area contributed by atoms with Crippen LogP contribution in [0.4, 0.5) is 0 Å². The number of hydroxylamine groups is 2. The summed E-state index contributed by atoms with van der Waals surface area (Å²) in [5.41, 5.74) is 1.05. The Labute approximate surface area is 113 Å². The van der Waals surface area contributed by atoms with Crippen LogP contribution in [0.5, 0.6) is 11.5 Å². The number of hydrogen-bond acceptors (Lipinski definition) is 5. The van der Waals surface area contributed by atoms with E-state index in [1.54, 1.807) is 5.06 Å². The Hall–Kier alpha value is -0.820. The summed E-state index contributed by atoms with van der Waals surface area (Å²) >= 11 is 3.52. The van der Waals surface area contributed by atoms with Crippen LogP contribution in [0.25, 0.3) is 0 Å². The van der Waals surface area contributed by atoms with Crippen LogP contribution in [0.15, 0.2) is 16.6 Å². The van der Waals surface area contributed by atoms with Crippen LogP contribution in [-0.4, -0.2) is 42.6 Å². The second-order valence-electron chi connectivity index (χ2n) is 4.36. The third-order valence-corrected chi connectivity index (χ3v) is 3.66. The summed E-state index contributed by atoms with van der Waals surface area (Å²) in [6, 6.07) is 3.86. The number of hydrogen-bond donors (Lipinski definition) is 1. The van der Waals surface area contributed by atoms with Crippen molar-refractivity contribution in [1.82, 2.24) is 5.06 Å². The lowest BCUT2D eigenvalue weighted by Gasteiger charge is -2.21. The highest BCUT2D eigenvalue weighted by molar-refractivity contribution is 9.10. The van der Waals surface area contributed by atoms with Gasteiger partial charge in [-0.05, 0) is 17.7 Å². The zero-order chi connectivity index (χ0) is 12.5. The van der Waals surface area contributed by atoms with Crippen molar-refractivity contribution in [2.75, 3.05) is 26.4 Å². The van der Waals surface area contributed by atoms with Crippen LogP contribution in [-0.2, 0) is 11.4 Å². The molecule has 98 valence electrons. The molecule has 0 spiro atoms. The summed E-state index contributed by atoms with van der Waals surface area (Å²) < 4.78 is 12.0. The molecule has 1 aromatic rings. The molecule has 18 heavy (non-hydrogen) atoms. The number of β-amino-alcohol motifs (C(OH)–C–C–N with tert-alkyl or cyclic N) is 1. The Bertz CT molecular complexity index is 454. The maximum Gasteiger partial charge on any atom is 0.162 e. The molecule has 0 aromatic heterocycles. The van der Waals surface area contributed by atoms with Crippen molar-refractivity contribution in [2.24, 2.45) is 0 Å². The SMILES string of the molecule is O[C@@H]1CON(Cc2cc3c(cc2Br)OCCO3)C1. The average Bonchev–Trinajstić information content (AvgIpc) is 2.76. The first-order chi connectivity index (χ1) is 8.72. The molecule has 1 atom stereocenters. The largest absolute Gasteiger partial charge is 0.486 e. The fourth-order valence-corrected chi connectivity index (χ4v) is 2.51. The standard InChI is InChI=1S/C12H14BrNO4/c13-10-4-12-11(16-1-2-17-12)3-8(10)5-14-6-9(15)7-18-14/h3-4,9,15H,1-2,5-7H2/t9-/m0/s1. The lowest BCUT2D eigenvalue weighted by atomic mass is 10.2. The quantitative estimate of drug-likeness (QED) is 0.892. The van der Waals surface area contributed by atoms with E-state index in [1.165, 1.54) is 0 Å². The summed E-state index contributed by atoms with van der Waals surface area (Å²) in [6.45, 7) is 2.66. The Morgan fingerprint density at radius 3 is 2.67 bits per heavy atom. The van der Waals surface area contributed by atoms with E-state index in [0.29, 0.717) is 32.9 Å². The molecule has 6 heteroatoms. The number of halogens is 1. The molecule has 1 aromatic carbocycles. The molecule has 2 aliphatic heterocycles. The number of aliphatic hydroxyl groups is 1. The van der Waals surface area contributed by atoms with E-state index in [2.05, 4.69) is 15.9 Å². The van der Waals surface area contributed by atoms with Crippen molar-refractivity contribution in [2.45, 2.75) is 12.6 Å². The highest BCUT2D eigenvalue weighted by atomic mass is 79.9. The maximum absolute atomic E-state index is 9.42. The zero-order valence-electron chi connectivity index (χ0n) is 9.76. The van der Waals surface area contributed by atoms with E-state index in [0.717, 1.165) is 21.5 Å². The van der Waals surface area contributed by atoms with Gasteiger partial charge in [-0.3, -0.25) is 4.84 Å². The van der Waals surface area contributed by atoms with Gasteiger partial charge in [0.15, 0.2) is 11.5 Å². The Morgan fingerprint density at radius 2 is 2.00 bits per heavy atom. The zero-order valence-corrected chi connectivity index (χ0v) is 11.4. The second-order valence-corrected chi connectivity index (χ2v) is 5.21. The molecule has 1 saturated heterocycles. The fourth-order valence-electron chi connectivity index (χ4n) is 2.06. The highest BCUT2D eigenvalue weighted by Crippen LogP contribution is 2.36. The van der Waals surface area contributed by atoms with Gasteiger partial charge in [0.2, 0.25) is 0 Å². The lowest BCUT2D eigenvalue weighted by molar-refractivity contribution is -0.118. The first-order valence-electron chi connectivity index (χ1n) is 5.86. The van der Waals surface area contributed by atoms with Gasteiger partial charge < -0.3 is 14.6 Å². The molecular formula is C12H14BrNO4. The van der Waals surface area contributed by atoms with E-state index < -0.39 is 6.10 Å². The highest BCUT2D eigenvalue weighted by Gasteiger charge is 2.23. The number of nitrogens with zero attached hydrogens (tertiary/aromatic N) is 1. The summed E-state index contributed by atoms with van der Waals surface area (Å²) in [4.78, 5) is 5.36. The smallest absolute Gasteiger partial charge is 0.162 e. The van der Waals surface area contributed by atoms with Gasteiger partial charge in [0.05, 0.1) is 25.8 Å². The van der Waals surface area contributed by atoms with Gasteiger partial charge in [-0.25, -0.2) is 0 Å². The molecule has 1 fully saturated rings. The molecule has 0 radical (unpaired) electrons. The first-order valence-corrected chi connectivity index (χ1v) is 6.65. The average molecular weight is 316 g/mol. The summed E-state index contributed by atoms with van der Waals surface area (Å²) in [6.07, 6.45) is -0.402. The number of rotatable bonds is 2. The number of aliphatic hydroxyl groups excluding tert-OH is 1. The lowest BCUT2D eigenvalue weighted by Crippen LogP contribution is -2.21. The molecule has 2 heterocycles. The van der Waals surface area contributed by atoms with Crippen molar-refractivity contribution in [1.29, 1.82) is 0 Å². The van der Waals surface area contributed by atoms with Gasteiger partial charge in [0.1, 0.15) is 13.2 Å². The predicted molar refractivity (Wildman–Crippen MR) is 67.5 cm³/mol. The maximum atomic E-state index is 9.42. The summed E-state index contributed by atoms with van der Waals surface area (Å²) in [5, 5.41) is 11.2. The molecule has 3 rings (SSSR count). The molecule has 0 unspecified atom stereocenters. The molecule has 0 bridgehead atoms. The number of ether oxygens (including phenoxy) is 2. The number of fused-ring (bicyclic) bond motifs is 1. The van der Waals surface area contributed by atoms with E-state index in [9.17, 15) is 5.11 Å². The third-order valence-electron chi connectivity index (χ3n) is 2.92. The van der Waals surface area contributed by atoms with E-state index in [1.807, 2.05) is 12.1 Å². The number of benzene rings is 1. The van der Waals surface area contributed by atoms with Crippen molar-refractivity contribution < 1.29 is 19.4 Å². The van der Waals surface area contributed by atoms with Crippen LogP contribution in [0.2, 0.25) is 0 Å². The van der Waals surface area contributed by atoms with Crippen molar-refractivity contribution in [3.63, 3.8) is 0 Å². The van der Waals surface area contributed by atoms with Gasteiger partial charge in [0.25, 0.3) is 0 Å². The minimum atomic E-state index is -0.402. The normalized spacial score (nSPS) is 23.3. The summed E-state index contributed by atoms with van der Waals surface area (Å²) in [5.74, 6) is 1.53. The second kappa shape index (κ2) is 5.05. The molecule has 5 nitrogen and oxygen atoms in total. The molecule has 0 amide bonds. The van der Waals surface area contributed by atoms with Crippen molar-refractivity contribution >= 4 is 15.9 Å². The van der Waals surface area contributed by atoms with Gasteiger partial charge in [0, 0.05) is 4.47 Å². The topological polar surface area (TPSA) is 51.2 Å². The van der Waals surface area contributed by atoms with Crippen molar-refractivity contribution in [3.8, 4) is 11.5 Å². The Kier molecular flexibility index (Phi) is 3.43. The van der Waals surface area contributed by atoms with Crippen LogP contribution in [0.3, 0.4) is 0 Å². The van der Waals surface area contributed by atoms with Crippen molar-refractivity contribution in [3.05, 3.63) is 22.2 Å². The van der Waals surface area contributed by atoms with Crippen LogP contribution >= 0.6 is 15.9 Å². The van der Waals surface area contributed by atoms with E-state index in [4.69, 9.17) is 14.3 Å². The monoisotopic (exact) mass is 315 g/mol. The molecule has 1 N–H and O–H groups in total. The Morgan fingerprint density at radius 1 is 1.28 bits per heavy atom. The molecule has 0 aliphatic carbocycles. The Balaban J connectivity index is 1.79. The minimum absolute atomic E-state index is 0.363. The summed E-state index contributed by atoms with van der Waals surface area (Å²) in [7, 11) is 0. The molecular weight excluding hydrogens is 302 g/mol. The van der Waals surface area contributed by atoms with E-state index in [-0.39, 0.29) is 0 Å². The third kappa shape index (κ3) is 2.47. The van der Waals surface area contributed by atoms with Crippen LogP contribution in [0.1, 0.15) is 5.56 Å². The minimum Gasteiger partial charge on any atom is -0.486 e. The first kappa shape index (κ1) is 12.2. The van der Waals surface area contributed by atoms with Crippen LogP contribution in [0, 0.1) is 0 Å². The van der Waals surface area contributed by atoms with Gasteiger partial charge in [-0.2, -0.15) is 5.06 Å². The van der Waals surface area contributed by atoms with Gasteiger partial charge in [-0.15, -0.1) is 0 Å². The van der Waals surface area contributed by atoms with Gasteiger partial charge in [-0.1, -0.05) is 15.9 Å². The predicted octanol–water partition coefficient (Wildman–Crippen LogP) is 1.33. The molecule has 2 aliphatic rings. The van der Waals surface area contributed by atoms with Crippen LogP contribution < -0.4 is 9.47 Å². The molecule has 0 saturated carbocycles.